The van der Waals surface area contributed by atoms with Crippen LogP contribution in [0.15, 0.2) is 0 Å². The van der Waals surface area contributed by atoms with E-state index in [0.717, 1.165) is 11.8 Å². The highest BCUT2D eigenvalue weighted by Gasteiger charge is 2.40. The topological polar surface area (TPSA) is 15.3 Å². The molecule has 2 nitrogen and oxygen atoms in total. The molecule has 3 unspecified atom stereocenters. The fourth-order valence-electron chi connectivity index (χ4n) is 4.51. The second kappa shape index (κ2) is 4.89. The molecule has 0 amide bonds. The SMILES string of the molecule is CCC1(CN2CC3CCCC3C2)CCCNC1. The first kappa shape index (κ1) is 12.0. The van der Waals surface area contributed by atoms with Crippen molar-refractivity contribution in [2.75, 3.05) is 32.7 Å². The van der Waals surface area contributed by atoms with Gasteiger partial charge in [0, 0.05) is 26.2 Å². The number of nitrogens with zero attached hydrogens (tertiary/aromatic N) is 1. The molecule has 1 N–H and O–H groups in total. The van der Waals surface area contributed by atoms with Gasteiger partial charge in [-0.1, -0.05) is 13.3 Å². The average molecular weight is 236 g/mol. The van der Waals surface area contributed by atoms with Gasteiger partial charge in [-0.15, -0.1) is 0 Å². The van der Waals surface area contributed by atoms with Crippen molar-refractivity contribution >= 4 is 0 Å². The van der Waals surface area contributed by atoms with Gasteiger partial charge in [-0.25, -0.2) is 0 Å². The Morgan fingerprint density at radius 3 is 2.53 bits per heavy atom. The molecule has 0 bridgehead atoms. The Morgan fingerprint density at radius 2 is 1.94 bits per heavy atom. The fourth-order valence-corrected chi connectivity index (χ4v) is 4.51. The molecule has 3 rings (SSSR count). The van der Waals surface area contributed by atoms with Gasteiger partial charge in [-0.3, -0.25) is 0 Å². The Morgan fingerprint density at radius 1 is 1.18 bits per heavy atom. The molecule has 3 fully saturated rings. The number of nitrogens with one attached hydrogen (secondary N) is 1. The van der Waals surface area contributed by atoms with Crippen LogP contribution in [-0.4, -0.2) is 37.6 Å². The summed E-state index contributed by atoms with van der Waals surface area (Å²) in [7, 11) is 0. The van der Waals surface area contributed by atoms with E-state index in [4.69, 9.17) is 0 Å². The lowest BCUT2D eigenvalue weighted by Crippen LogP contribution is -2.47. The maximum atomic E-state index is 3.62. The van der Waals surface area contributed by atoms with E-state index in [1.54, 1.807) is 0 Å². The largest absolute Gasteiger partial charge is 0.316 e. The van der Waals surface area contributed by atoms with Gasteiger partial charge in [0.05, 0.1) is 0 Å². The van der Waals surface area contributed by atoms with Crippen molar-refractivity contribution in [1.82, 2.24) is 10.2 Å². The number of hydrogen-bond donors (Lipinski definition) is 1. The van der Waals surface area contributed by atoms with Crippen molar-refractivity contribution in [3.8, 4) is 0 Å². The number of likely N-dealkylation sites (tertiary alicyclic amines) is 1. The van der Waals surface area contributed by atoms with Gasteiger partial charge in [-0.05, 0) is 55.9 Å². The minimum absolute atomic E-state index is 0.594. The van der Waals surface area contributed by atoms with Crippen LogP contribution in [0.25, 0.3) is 0 Å². The van der Waals surface area contributed by atoms with Gasteiger partial charge < -0.3 is 10.2 Å². The molecular formula is C15H28N2. The molecule has 2 heteroatoms. The molecule has 0 aromatic carbocycles. The number of fused-ring (bicyclic) bond motifs is 1. The maximum absolute atomic E-state index is 3.62. The predicted octanol–water partition coefficient (Wildman–Crippen LogP) is 2.50. The van der Waals surface area contributed by atoms with Crippen molar-refractivity contribution in [2.24, 2.45) is 17.3 Å². The molecule has 0 aromatic rings. The molecular weight excluding hydrogens is 208 g/mol. The van der Waals surface area contributed by atoms with E-state index in [-0.39, 0.29) is 0 Å². The third kappa shape index (κ3) is 2.39. The third-order valence-corrected chi connectivity index (χ3v) is 5.67. The minimum atomic E-state index is 0.594. The number of piperidine rings is 1. The van der Waals surface area contributed by atoms with Gasteiger partial charge in [0.15, 0.2) is 0 Å². The van der Waals surface area contributed by atoms with E-state index < -0.39 is 0 Å². The first-order chi connectivity index (χ1) is 8.31. The Kier molecular flexibility index (Phi) is 3.45. The van der Waals surface area contributed by atoms with Crippen LogP contribution in [-0.2, 0) is 0 Å². The summed E-state index contributed by atoms with van der Waals surface area (Å²) in [5.74, 6) is 2.11. The second-order valence-electron chi connectivity index (χ2n) is 6.78. The molecule has 2 saturated heterocycles. The van der Waals surface area contributed by atoms with Crippen LogP contribution in [0.3, 0.4) is 0 Å². The van der Waals surface area contributed by atoms with Gasteiger partial charge in [-0.2, -0.15) is 0 Å². The average Bonchev–Trinajstić information content (AvgIpc) is 2.91. The van der Waals surface area contributed by atoms with Crippen LogP contribution in [0.4, 0.5) is 0 Å². The molecule has 2 aliphatic heterocycles. The molecule has 3 aliphatic rings. The van der Waals surface area contributed by atoms with Crippen LogP contribution in [0.2, 0.25) is 0 Å². The summed E-state index contributed by atoms with van der Waals surface area (Å²) in [5, 5.41) is 3.62. The van der Waals surface area contributed by atoms with Crippen molar-refractivity contribution in [3.63, 3.8) is 0 Å². The van der Waals surface area contributed by atoms with Crippen LogP contribution >= 0.6 is 0 Å². The Bertz CT molecular complexity index is 246. The molecule has 1 saturated carbocycles. The Labute approximate surface area is 106 Å². The maximum Gasteiger partial charge on any atom is 0.00503 e. The molecule has 0 spiro atoms. The molecule has 2 heterocycles. The van der Waals surface area contributed by atoms with Gasteiger partial charge >= 0.3 is 0 Å². The summed E-state index contributed by atoms with van der Waals surface area (Å²) in [6.07, 6.45) is 8.71. The monoisotopic (exact) mass is 236 g/mol. The van der Waals surface area contributed by atoms with Gasteiger partial charge in [0.25, 0.3) is 0 Å². The zero-order valence-corrected chi connectivity index (χ0v) is 11.4. The highest BCUT2D eigenvalue weighted by Crippen LogP contribution is 2.40. The van der Waals surface area contributed by atoms with E-state index in [9.17, 15) is 0 Å². The highest BCUT2D eigenvalue weighted by molar-refractivity contribution is 4.93. The van der Waals surface area contributed by atoms with E-state index in [1.807, 2.05) is 0 Å². The molecule has 0 radical (unpaired) electrons. The lowest BCUT2D eigenvalue weighted by Gasteiger charge is -2.40. The lowest BCUT2D eigenvalue weighted by atomic mass is 9.78. The van der Waals surface area contributed by atoms with Crippen molar-refractivity contribution in [1.29, 1.82) is 0 Å². The molecule has 98 valence electrons. The minimum Gasteiger partial charge on any atom is -0.316 e. The number of hydrogen-bond acceptors (Lipinski definition) is 2. The normalized spacial score (nSPS) is 42.9. The van der Waals surface area contributed by atoms with Gasteiger partial charge in [0.2, 0.25) is 0 Å². The van der Waals surface area contributed by atoms with Crippen molar-refractivity contribution < 1.29 is 0 Å². The Hall–Kier alpha value is -0.0800. The summed E-state index contributed by atoms with van der Waals surface area (Å²) < 4.78 is 0. The predicted molar refractivity (Wildman–Crippen MR) is 72.1 cm³/mol. The standard InChI is InChI=1S/C15H28N2/c1-2-15(7-4-8-16-11-15)12-17-9-13-5-3-6-14(13)10-17/h13-14,16H,2-12H2,1H3. The summed E-state index contributed by atoms with van der Waals surface area (Å²) in [4.78, 5) is 2.80. The van der Waals surface area contributed by atoms with Crippen LogP contribution in [0, 0.1) is 17.3 Å². The summed E-state index contributed by atoms with van der Waals surface area (Å²) >= 11 is 0. The summed E-state index contributed by atoms with van der Waals surface area (Å²) in [6.45, 7) is 9.08. The smallest absolute Gasteiger partial charge is 0.00503 e. The Balaban J connectivity index is 1.58. The van der Waals surface area contributed by atoms with E-state index in [1.165, 1.54) is 71.2 Å². The summed E-state index contributed by atoms with van der Waals surface area (Å²) in [6, 6.07) is 0. The zero-order valence-electron chi connectivity index (χ0n) is 11.4. The lowest BCUT2D eigenvalue weighted by molar-refractivity contribution is 0.122. The molecule has 17 heavy (non-hydrogen) atoms. The van der Waals surface area contributed by atoms with E-state index >= 15 is 0 Å². The van der Waals surface area contributed by atoms with E-state index in [0.29, 0.717) is 5.41 Å². The zero-order chi connectivity index (χ0) is 11.7. The first-order valence-corrected chi connectivity index (χ1v) is 7.74. The number of rotatable bonds is 3. The summed E-state index contributed by atoms with van der Waals surface area (Å²) in [5.41, 5.74) is 0.594. The quantitative estimate of drug-likeness (QED) is 0.810. The third-order valence-electron chi connectivity index (χ3n) is 5.67. The van der Waals surface area contributed by atoms with Crippen molar-refractivity contribution in [2.45, 2.75) is 45.4 Å². The second-order valence-corrected chi connectivity index (χ2v) is 6.78. The van der Waals surface area contributed by atoms with Crippen LogP contribution in [0.1, 0.15) is 45.4 Å². The first-order valence-electron chi connectivity index (χ1n) is 7.74. The molecule has 3 atom stereocenters. The van der Waals surface area contributed by atoms with Crippen LogP contribution in [0.5, 0.6) is 0 Å². The van der Waals surface area contributed by atoms with Crippen LogP contribution < -0.4 is 5.32 Å². The van der Waals surface area contributed by atoms with E-state index in [2.05, 4.69) is 17.1 Å². The molecule has 0 aromatic heterocycles. The van der Waals surface area contributed by atoms with Gasteiger partial charge in [0.1, 0.15) is 0 Å². The fraction of sp³-hybridized carbons (Fsp3) is 1.00. The molecule has 1 aliphatic carbocycles. The highest BCUT2D eigenvalue weighted by atomic mass is 15.2. The van der Waals surface area contributed by atoms with Crippen molar-refractivity contribution in [3.05, 3.63) is 0 Å².